The van der Waals surface area contributed by atoms with Gasteiger partial charge < -0.3 is 0 Å². The van der Waals surface area contributed by atoms with Crippen molar-refractivity contribution in [3.8, 4) is 0 Å². The van der Waals surface area contributed by atoms with E-state index in [1.165, 1.54) is 11.1 Å². The summed E-state index contributed by atoms with van der Waals surface area (Å²) in [5.41, 5.74) is 2.93. The van der Waals surface area contributed by atoms with Gasteiger partial charge in [-0.1, -0.05) is 68.0 Å². The van der Waals surface area contributed by atoms with Gasteiger partial charge in [0.05, 0.1) is 0 Å². The molecule has 0 amide bonds. The van der Waals surface area contributed by atoms with Crippen LogP contribution >= 0.6 is 0 Å². The van der Waals surface area contributed by atoms with Crippen LogP contribution in [0.5, 0.6) is 0 Å². The molecule has 78 valence electrons. The lowest BCUT2D eigenvalue weighted by Gasteiger charge is -2.34. The molecule has 1 aliphatic carbocycles. The van der Waals surface area contributed by atoms with E-state index in [9.17, 15) is 0 Å². The van der Waals surface area contributed by atoms with Crippen molar-refractivity contribution in [2.45, 2.75) is 26.2 Å². The zero-order chi connectivity index (χ0) is 10.9. The Hall–Kier alpha value is -1.30. The van der Waals surface area contributed by atoms with Crippen molar-refractivity contribution < 1.29 is 0 Å². The van der Waals surface area contributed by atoms with Gasteiger partial charge in [0, 0.05) is 5.41 Å². The van der Waals surface area contributed by atoms with E-state index >= 15 is 0 Å². The Kier molecular flexibility index (Phi) is 2.52. The first-order chi connectivity index (χ1) is 7.13. The molecule has 0 nitrogen and oxygen atoms in total. The van der Waals surface area contributed by atoms with Gasteiger partial charge in [0.2, 0.25) is 0 Å². The number of hydrogen-bond donors (Lipinski definition) is 0. The molecule has 0 N–H and O–H groups in total. The van der Waals surface area contributed by atoms with Gasteiger partial charge in [-0.05, 0) is 18.4 Å². The highest BCUT2D eigenvalue weighted by Gasteiger charge is 2.30. The lowest BCUT2D eigenvalue weighted by molar-refractivity contribution is 0.455. The van der Waals surface area contributed by atoms with Gasteiger partial charge >= 0.3 is 0 Å². The van der Waals surface area contributed by atoms with Crippen LogP contribution in [0.15, 0.2) is 54.1 Å². The third-order valence-corrected chi connectivity index (χ3v) is 3.55. The lowest BCUT2D eigenvalue weighted by atomic mass is 9.69. The molecule has 0 fully saturated rings. The molecule has 1 aromatic carbocycles. The first-order valence-electron chi connectivity index (χ1n) is 5.56. The van der Waals surface area contributed by atoms with E-state index in [1.807, 2.05) is 0 Å². The highest BCUT2D eigenvalue weighted by molar-refractivity contribution is 5.38. The Morgan fingerprint density at radius 1 is 1.13 bits per heavy atom. The number of benzene rings is 1. The molecule has 0 aromatic heterocycles. The molecule has 1 aromatic rings. The summed E-state index contributed by atoms with van der Waals surface area (Å²) in [6, 6.07) is 10.7. The molecule has 0 heterocycles. The van der Waals surface area contributed by atoms with Crippen molar-refractivity contribution in [3.63, 3.8) is 0 Å². The Morgan fingerprint density at radius 3 is 2.40 bits per heavy atom. The summed E-state index contributed by atoms with van der Waals surface area (Å²) in [5.74, 6) is 0.560. The summed E-state index contributed by atoms with van der Waals surface area (Å²) in [6.45, 7) is 6.77. The van der Waals surface area contributed by atoms with E-state index in [1.54, 1.807) is 0 Å². The van der Waals surface area contributed by atoms with E-state index in [2.05, 4.69) is 69.3 Å². The Morgan fingerprint density at radius 2 is 1.80 bits per heavy atom. The van der Waals surface area contributed by atoms with Crippen molar-refractivity contribution in [2.24, 2.45) is 5.92 Å². The summed E-state index contributed by atoms with van der Waals surface area (Å²) >= 11 is 0. The molecule has 0 spiro atoms. The molecule has 0 saturated carbocycles. The van der Waals surface area contributed by atoms with E-state index in [0.29, 0.717) is 5.92 Å². The number of hydrogen-bond acceptors (Lipinski definition) is 0. The van der Waals surface area contributed by atoms with Crippen LogP contribution in [0, 0.1) is 5.92 Å². The minimum absolute atomic E-state index is 0.154. The summed E-state index contributed by atoms with van der Waals surface area (Å²) in [7, 11) is 0. The van der Waals surface area contributed by atoms with E-state index < -0.39 is 0 Å². The van der Waals surface area contributed by atoms with Crippen molar-refractivity contribution >= 4 is 0 Å². The third kappa shape index (κ3) is 1.77. The zero-order valence-electron chi connectivity index (χ0n) is 9.70. The molecular weight excluding hydrogens is 180 g/mol. The van der Waals surface area contributed by atoms with Crippen LogP contribution in [0.25, 0.3) is 0 Å². The van der Waals surface area contributed by atoms with Gasteiger partial charge in [0.25, 0.3) is 0 Å². The monoisotopic (exact) mass is 198 g/mol. The normalized spacial score (nSPS) is 30.1. The quantitative estimate of drug-likeness (QED) is 0.637. The fourth-order valence-corrected chi connectivity index (χ4v) is 2.24. The van der Waals surface area contributed by atoms with Gasteiger partial charge in [0.1, 0.15) is 0 Å². The maximum absolute atomic E-state index is 2.35. The van der Waals surface area contributed by atoms with E-state index in [4.69, 9.17) is 0 Å². The largest absolute Gasteiger partial charge is 0.0776 e. The predicted octanol–water partition coefficient (Wildman–Crippen LogP) is 4.10. The molecule has 0 saturated heterocycles. The summed E-state index contributed by atoms with van der Waals surface area (Å²) < 4.78 is 0. The molecule has 0 heteroatoms. The molecule has 2 unspecified atom stereocenters. The average molecular weight is 198 g/mol. The molecule has 2 rings (SSSR count). The van der Waals surface area contributed by atoms with Crippen LogP contribution in [0.2, 0.25) is 0 Å². The third-order valence-electron chi connectivity index (χ3n) is 3.55. The van der Waals surface area contributed by atoms with Gasteiger partial charge in [0.15, 0.2) is 0 Å². The molecule has 0 aliphatic heterocycles. The second kappa shape index (κ2) is 3.69. The molecule has 2 atom stereocenters. The molecule has 0 bridgehead atoms. The fourth-order valence-electron chi connectivity index (χ4n) is 2.24. The summed E-state index contributed by atoms with van der Waals surface area (Å²) in [4.78, 5) is 0. The highest BCUT2D eigenvalue weighted by atomic mass is 14.3. The van der Waals surface area contributed by atoms with Crippen LogP contribution in [0.4, 0.5) is 0 Å². The van der Waals surface area contributed by atoms with Gasteiger partial charge in [-0.2, -0.15) is 0 Å². The van der Waals surface area contributed by atoms with Crippen molar-refractivity contribution in [1.82, 2.24) is 0 Å². The van der Waals surface area contributed by atoms with Crippen molar-refractivity contribution in [1.29, 1.82) is 0 Å². The fraction of sp³-hybridized carbons (Fsp3) is 0.333. The molecular formula is C15H18. The first-order valence-corrected chi connectivity index (χ1v) is 5.56. The van der Waals surface area contributed by atoms with E-state index in [0.717, 1.165) is 0 Å². The minimum atomic E-state index is 0.154. The number of rotatable bonds is 1. The van der Waals surface area contributed by atoms with Crippen LogP contribution in [0.3, 0.4) is 0 Å². The van der Waals surface area contributed by atoms with E-state index in [-0.39, 0.29) is 5.41 Å². The minimum Gasteiger partial charge on any atom is -0.0776 e. The average Bonchev–Trinajstić information content (AvgIpc) is 2.25. The van der Waals surface area contributed by atoms with Gasteiger partial charge in [-0.3, -0.25) is 0 Å². The Bertz CT molecular complexity index is 397. The van der Waals surface area contributed by atoms with Crippen molar-refractivity contribution in [3.05, 3.63) is 59.7 Å². The molecule has 1 aliphatic rings. The Labute approximate surface area is 92.3 Å². The van der Waals surface area contributed by atoms with Gasteiger partial charge in [-0.15, -0.1) is 0 Å². The van der Waals surface area contributed by atoms with Crippen LogP contribution < -0.4 is 0 Å². The SMILES string of the molecule is CC1=CC(C)C(C)(c2ccccc2)C=C1. The first kappa shape index (κ1) is 10.2. The molecule has 15 heavy (non-hydrogen) atoms. The smallest absolute Gasteiger partial charge is 0.0167 e. The molecule has 0 radical (unpaired) electrons. The topological polar surface area (TPSA) is 0 Å². The van der Waals surface area contributed by atoms with Gasteiger partial charge in [-0.25, -0.2) is 0 Å². The maximum atomic E-state index is 2.35. The number of allylic oxidation sites excluding steroid dienone is 4. The predicted molar refractivity (Wildman–Crippen MR) is 65.9 cm³/mol. The lowest BCUT2D eigenvalue weighted by Crippen LogP contribution is -2.28. The highest BCUT2D eigenvalue weighted by Crippen LogP contribution is 2.37. The second-order valence-electron chi connectivity index (χ2n) is 4.68. The van der Waals surface area contributed by atoms with Crippen molar-refractivity contribution in [2.75, 3.05) is 0 Å². The maximum Gasteiger partial charge on any atom is 0.0167 e. The Balaban J connectivity index is 2.41. The van der Waals surface area contributed by atoms with Crippen LogP contribution in [-0.2, 0) is 5.41 Å². The zero-order valence-corrected chi connectivity index (χ0v) is 9.70. The van der Waals surface area contributed by atoms with Crippen LogP contribution in [-0.4, -0.2) is 0 Å². The standard InChI is InChI=1S/C15H18/c1-12-9-10-15(3,13(2)11-12)14-7-5-4-6-8-14/h4-11,13H,1-3H3. The summed E-state index contributed by atoms with van der Waals surface area (Å²) in [6.07, 6.45) is 6.92. The van der Waals surface area contributed by atoms with Crippen LogP contribution in [0.1, 0.15) is 26.3 Å². The second-order valence-corrected chi connectivity index (χ2v) is 4.68. The summed E-state index contributed by atoms with van der Waals surface area (Å²) in [5, 5.41) is 0.